The molecular weight excluding hydrogens is 478 g/mol. The second kappa shape index (κ2) is 8.40. The van der Waals surface area contributed by atoms with Crippen molar-refractivity contribution in [2.75, 3.05) is 7.11 Å². The number of carbonyl (C=O) groups excluding carboxylic acids is 4. The highest BCUT2D eigenvalue weighted by Crippen LogP contribution is 2.55. The third kappa shape index (κ3) is 3.60. The van der Waals surface area contributed by atoms with Gasteiger partial charge in [-0.2, -0.15) is 0 Å². The lowest BCUT2D eigenvalue weighted by atomic mass is 9.50. The van der Waals surface area contributed by atoms with Crippen molar-refractivity contribution in [3.63, 3.8) is 0 Å². The number of allylic oxidation sites excluding steroid dienone is 1. The zero-order valence-corrected chi connectivity index (χ0v) is 19.5. The van der Waals surface area contributed by atoms with Crippen LogP contribution in [0.4, 0.5) is 0 Å². The number of nitrogens with two attached hydrogens (primary N) is 2. The maximum absolute atomic E-state index is 13.8. The number of esters is 3. The van der Waals surface area contributed by atoms with Gasteiger partial charge >= 0.3 is 17.9 Å². The van der Waals surface area contributed by atoms with E-state index in [0.717, 1.165) is 11.3 Å². The van der Waals surface area contributed by atoms with E-state index in [1.807, 2.05) is 0 Å². The van der Waals surface area contributed by atoms with Crippen molar-refractivity contribution in [3.05, 3.63) is 52.6 Å². The molecule has 1 aliphatic heterocycles. The average Bonchev–Trinajstić information content (AvgIpc) is 3.54. The maximum atomic E-state index is 13.8. The van der Waals surface area contributed by atoms with Gasteiger partial charge in [-0.15, -0.1) is 11.3 Å². The number of Topliss-reactive ketones (excluding diaryl/α,β-unsaturated/α-hetero) is 1. The molecule has 0 aromatic carbocycles. The molecule has 11 nitrogen and oxygen atoms in total. The topological polar surface area (TPSA) is 174 Å². The molecule has 2 aliphatic carbocycles. The van der Waals surface area contributed by atoms with Crippen molar-refractivity contribution < 1.29 is 37.8 Å². The quantitative estimate of drug-likeness (QED) is 0.456. The maximum Gasteiger partial charge on any atom is 0.355 e. The molecule has 0 bridgehead atoms. The van der Waals surface area contributed by atoms with Crippen LogP contribution >= 0.6 is 11.3 Å². The number of hydrogen-bond acceptors (Lipinski definition) is 12. The van der Waals surface area contributed by atoms with Crippen LogP contribution in [-0.2, 0) is 28.6 Å². The number of ketones is 1. The first-order valence-electron chi connectivity index (χ1n) is 10.9. The molecule has 0 amide bonds. The number of nitrogens with zero attached hydrogens (tertiary/aromatic N) is 1. The van der Waals surface area contributed by atoms with Gasteiger partial charge in [0.15, 0.2) is 5.76 Å². The molecule has 1 saturated carbocycles. The molecule has 2 fully saturated rings. The van der Waals surface area contributed by atoms with E-state index in [9.17, 15) is 19.2 Å². The number of ether oxygens (including phenoxy) is 3. The number of aromatic nitrogens is 1. The van der Waals surface area contributed by atoms with E-state index in [0.29, 0.717) is 5.56 Å². The van der Waals surface area contributed by atoms with Crippen molar-refractivity contribution in [1.82, 2.24) is 4.98 Å². The van der Waals surface area contributed by atoms with Gasteiger partial charge in [0.05, 0.1) is 49.1 Å². The van der Waals surface area contributed by atoms with Gasteiger partial charge in [-0.3, -0.25) is 19.4 Å². The van der Waals surface area contributed by atoms with Crippen molar-refractivity contribution >= 4 is 35.0 Å². The van der Waals surface area contributed by atoms with Gasteiger partial charge in [0.1, 0.15) is 11.0 Å². The van der Waals surface area contributed by atoms with Crippen LogP contribution in [-0.4, -0.2) is 46.9 Å². The first-order valence-corrected chi connectivity index (χ1v) is 11.8. The van der Waals surface area contributed by atoms with E-state index in [-0.39, 0.29) is 29.9 Å². The second-order valence-electron chi connectivity index (χ2n) is 9.09. The van der Waals surface area contributed by atoms with Crippen molar-refractivity contribution in [1.29, 1.82) is 0 Å². The van der Waals surface area contributed by atoms with Gasteiger partial charge < -0.3 is 30.1 Å². The number of fused-ring (bicyclic) bond motifs is 3. The van der Waals surface area contributed by atoms with Crippen molar-refractivity contribution in [3.8, 4) is 0 Å². The molecule has 0 spiro atoms. The van der Waals surface area contributed by atoms with Crippen LogP contribution in [0.25, 0.3) is 0 Å². The van der Waals surface area contributed by atoms with E-state index < -0.39 is 58.6 Å². The minimum atomic E-state index is -1.48. The number of rotatable bonds is 4. The molecule has 1 saturated heterocycles. The standard InChI is InChI=1S/C23H23N3O8S/c1-31-19(28)13-6-14(33-21(30)16-8-26-10-35-16)17(27)18-22(13,24)4-2-12-20(29)34-15(7-23(12,18)25)11-3-5-32-9-11/h3,5-6,8-10,12-13,15,18H,2,4,7,24-25H2,1H3/t12-,13-,15-,18-,22+,23+/m0/s1. The molecule has 35 heavy (non-hydrogen) atoms. The predicted molar refractivity (Wildman–Crippen MR) is 118 cm³/mol. The van der Waals surface area contributed by atoms with Crippen LogP contribution in [0.15, 0.2) is 46.6 Å². The normalized spacial score (nSPS) is 34.2. The van der Waals surface area contributed by atoms with Gasteiger partial charge in [0.25, 0.3) is 0 Å². The molecule has 2 aromatic heterocycles. The highest BCUT2D eigenvalue weighted by molar-refractivity contribution is 7.11. The Hall–Kier alpha value is -3.35. The Kier molecular flexibility index (Phi) is 5.61. The van der Waals surface area contributed by atoms with Gasteiger partial charge in [-0.05, 0) is 25.0 Å². The molecule has 2 aromatic rings. The molecule has 0 radical (unpaired) electrons. The minimum Gasteiger partial charge on any atom is -0.472 e. The molecular formula is C23H23N3O8S. The zero-order valence-electron chi connectivity index (χ0n) is 18.7. The molecule has 12 heteroatoms. The van der Waals surface area contributed by atoms with Crippen LogP contribution in [0.3, 0.4) is 0 Å². The first-order chi connectivity index (χ1) is 16.7. The number of carbonyl (C=O) groups is 4. The summed E-state index contributed by atoms with van der Waals surface area (Å²) in [7, 11) is 1.20. The van der Waals surface area contributed by atoms with Crippen LogP contribution in [0.2, 0.25) is 0 Å². The van der Waals surface area contributed by atoms with Gasteiger partial charge in [0, 0.05) is 23.1 Å². The molecule has 5 rings (SSSR count). The van der Waals surface area contributed by atoms with E-state index in [4.69, 9.17) is 30.1 Å². The minimum absolute atomic E-state index is 0.0578. The van der Waals surface area contributed by atoms with Crippen LogP contribution in [0.5, 0.6) is 0 Å². The van der Waals surface area contributed by atoms with Gasteiger partial charge in [-0.1, -0.05) is 0 Å². The summed E-state index contributed by atoms with van der Waals surface area (Å²) < 4.78 is 21.1. The number of hydrogen-bond donors (Lipinski definition) is 2. The SMILES string of the molecule is COC(=O)[C@@H]1C=C(OC(=O)c2cncs2)C(=O)[C@H]2[C@@]1(N)CC[C@H]1C(=O)O[C@H](c3ccoc3)C[C@]21N. The summed E-state index contributed by atoms with van der Waals surface area (Å²) in [6, 6.07) is 1.64. The average molecular weight is 502 g/mol. The highest BCUT2D eigenvalue weighted by atomic mass is 32.1. The number of furan rings is 1. The molecule has 4 N–H and O–H groups in total. The summed E-state index contributed by atoms with van der Waals surface area (Å²) in [6.07, 6.45) is 5.02. The Morgan fingerprint density at radius 3 is 2.71 bits per heavy atom. The molecule has 0 unspecified atom stereocenters. The second-order valence-corrected chi connectivity index (χ2v) is 9.97. The lowest BCUT2D eigenvalue weighted by molar-refractivity contribution is -0.179. The van der Waals surface area contributed by atoms with Crippen molar-refractivity contribution in [2.24, 2.45) is 29.2 Å². The third-order valence-electron chi connectivity index (χ3n) is 7.28. The Bertz CT molecular complexity index is 1210. The number of methoxy groups -OCH3 is 1. The Morgan fingerprint density at radius 1 is 1.26 bits per heavy atom. The Balaban J connectivity index is 1.58. The fourth-order valence-electron chi connectivity index (χ4n) is 5.66. The smallest absolute Gasteiger partial charge is 0.355 e. The lowest BCUT2D eigenvalue weighted by Crippen LogP contribution is -2.76. The van der Waals surface area contributed by atoms with Gasteiger partial charge in [-0.25, -0.2) is 4.79 Å². The third-order valence-corrected chi connectivity index (χ3v) is 8.03. The van der Waals surface area contributed by atoms with Crippen LogP contribution in [0.1, 0.15) is 40.6 Å². The first kappa shape index (κ1) is 23.4. The summed E-state index contributed by atoms with van der Waals surface area (Å²) in [5.41, 5.74) is 12.8. The fourth-order valence-corrected chi connectivity index (χ4v) is 6.15. The molecule has 3 aliphatic rings. The van der Waals surface area contributed by atoms with E-state index in [1.165, 1.54) is 37.4 Å². The van der Waals surface area contributed by atoms with E-state index >= 15 is 0 Å². The van der Waals surface area contributed by atoms with Crippen LogP contribution in [0, 0.1) is 17.8 Å². The summed E-state index contributed by atoms with van der Waals surface area (Å²) in [4.78, 5) is 56.3. The predicted octanol–water partition coefficient (Wildman–Crippen LogP) is 1.26. The Morgan fingerprint density at radius 2 is 2.06 bits per heavy atom. The fraction of sp³-hybridized carbons (Fsp3) is 0.435. The molecule has 184 valence electrons. The van der Waals surface area contributed by atoms with Crippen LogP contribution < -0.4 is 11.5 Å². The summed E-state index contributed by atoms with van der Waals surface area (Å²) in [5.74, 6) is -6.30. The van der Waals surface area contributed by atoms with E-state index in [1.54, 1.807) is 6.07 Å². The summed E-state index contributed by atoms with van der Waals surface area (Å²) >= 11 is 1.04. The van der Waals surface area contributed by atoms with E-state index in [2.05, 4.69) is 4.98 Å². The zero-order chi connectivity index (χ0) is 25.0. The summed E-state index contributed by atoms with van der Waals surface area (Å²) in [6.45, 7) is 0. The van der Waals surface area contributed by atoms with Gasteiger partial charge in [0.2, 0.25) is 5.78 Å². The lowest BCUT2D eigenvalue weighted by Gasteiger charge is -2.58. The molecule has 3 heterocycles. The largest absolute Gasteiger partial charge is 0.472 e. The number of thiazole rings is 1. The number of cyclic esters (lactones) is 1. The summed E-state index contributed by atoms with van der Waals surface area (Å²) in [5, 5.41) is 0. The highest BCUT2D eigenvalue weighted by Gasteiger charge is 2.67. The Labute approximate surface area is 203 Å². The monoisotopic (exact) mass is 501 g/mol. The van der Waals surface area contributed by atoms with Crippen molar-refractivity contribution in [2.45, 2.75) is 36.4 Å². The molecule has 6 atom stereocenters.